The predicted octanol–water partition coefficient (Wildman–Crippen LogP) is 3.21. The fourth-order valence-corrected chi connectivity index (χ4v) is 5.22. The van der Waals surface area contributed by atoms with Gasteiger partial charge in [-0.2, -0.15) is 0 Å². The molecule has 2 heterocycles. The predicted molar refractivity (Wildman–Crippen MR) is 113 cm³/mol. The molecule has 4 rings (SSSR count). The standard InChI is InChI=1S/C22H27N3O3S/c1-25-12-10-18-19(11-13-25)29-21(24-18)15-4-2-14(3-5-15)20(26)23-17-8-6-16(7-9-17)22(27)28/h2-5,16-17H,6-13H2,1H3,(H,23,26)(H,27,28)/t16-,17-. The van der Waals surface area contributed by atoms with Crippen molar-refractivity contribution in [2.45, 2.75) is 44.6 Å². The Balaban J connectivity index is 1.38. The van der Waals surface area contributed by atoms with Crippen LogP contribution in [0.5, 0.6) is 0 Å². The molecule has 1 aliphatic carbocycles. The Bertz CT molecular complexity index is 860. The molecule has 0 unspecified atom stereocenters. The van der Waals surface area contributed by atoms with Gasteiger partial charge in [0.25, 0.3) is 5.91 Å². The van der Waals surface area contributed by atoms with Crippen LogP contribution in [-0.4, -0.2) is 53.0 Å². The Morgan fingerprint density at radius 1 is 1.10 bits per heavy atom. The van der Waals surface area contributed by atoms with Crippen molar-refractivity contribution in [1.29, 1.82) is 0 Å². The summed E-state index contributed by atoms with van der Waals surface area (Å²) in [7, 11) is 2.15. The minimum absolute atomic E-state index is 0.0607. The van der Waals surface area contributed by atoms with E-state index in [1.165, 1.54) is 10.6 Å². The van der Waals surface area contributed by atoms with Gasteiger partial charge in [-0.05, 0) is 51.3 Å². The molecule has 29 heavy (non-hydrogen) atoms. The minimum Gasteiger partial charge on any atom is -0.481 e. The third-order valence-electron chi connectivity index (χ3n) is 6.03. The third-order valence-corrected chi connectivity index (χ3v) is 7.24. The molecule has 0 atom stereocenters. The molecule has 0 spiro atoms. The van der Waals surface area contributed by atoms with Gasteiger partial charge in [0, 0.05) is 41.6 Å². The van der Waals surface area contributed by atoms with E-state index in [2.05, 4.69) is 17.3 Å². The average molecular weight is 414 g/mol. The molecule has 2 aliphatic rings. The minimum atomic E-state index is -0.725. The summed E-state index contributed by atoms with van der Waals surface area (Å²) in [6.07, 6.45) is 4.75. The molecule has 1 fully saturated rings. The number of thiazole rings is 1. The highest BCUT2D eigenvalue weighted by molar-refractivity contribution is 7.15. The molecule has 1 aromatic carbocycles. The highest BCUT2D eigenvalue weighted by Crippen LogP contribution is 2.30. The van der Waals surface area contributed by atoms with Crippen LogP contribution in [-0.2, 0) is 17.6 Å². The van der Waals surface area contributed by atoms with Crippen LogP contribution in [0.1, 0.15) is 46.6 Å². The van der Waals surface area contributed by atoms with Crippen LogP contribution in [0.4, 0.5) is 0 Å². The van der Waals surface area contributed by atoms with Crippen molar-refractivity contribution < 1.29 is 14.7 Å². The normalized spacial score (nSPS) is 22.5. The number of fused-ring (bicyclic) bond motifs is 1. The van der Waals surface area contributed by atoms with Gasteiger partial charge >= 0.3 is 5.97 Å². The summed E-state index contributed by atoms with van der Waals surface area (Å²) in [4.78, 5) is 32.2. The number of carbonyl (C=O) groups excluding carboxylic acids is 1. The molecule has 6 nitrogen and oxygen atoms in total. The van der Waals surface area contributed by atoms with E-state index >= 15 is 0 Å². The van der Waals surface area contributed by atoms with Gasteiger partial charge in [0.05, 0.1) is 11.6 Å². The van der Waals surface area contributed by atoms with Crippen molar-refractivity contribution in [3.05, 3.63) is 40.4 Å². The fraction of sp³-hybridized carbons (Fsp3) is 0.500. The number of hydrogen-bond acceptors (Lipinski definition) is 5. The zero-order chi connectivity index (χ0) is 20.4. The van der Waals surface area contributed by atoms with Gasteiger partial charge in [0.1, 0.15) is 5.01 Å². The molecule has 7 heteroatoms. The SMILES string of the molecule is CN1CCc2nc(-c3ccc(C(=O)N[C@H]4CC[C@H](C(=O)O)CC4)cc3)sc2CC1. The van der Waals surface area contributed by atoms with Gasteiger partial charge < -0.3 is 15.3 Å². The molecular formula is C22H27N3O3S. The van der Waals surface area contributed by atoms with E-state index in [1.54, 1.807) is 11.3 Å². The number of amides is 1. The zero-order valence-corrected chi connectivity index (χ0v) is 17.5. The first-order valence-corrected chi connectivity index (χ1v) is 11.1. The second-order valence-corrected chi connectivity index (χ2v) is 9.21. The number of carbonyl (C=O) groups is 2. The summed E-state index contributed by atoms with van der Waals surface area (Å²) in [5, 5.41) is 13.2. The number of likely N-dealkylation sites (N-methyl/N-ethyl adjacent to an activating group) is 1. The van der Waals surface area contributed by atoms with Crippen molar-refractivity contribution in [3.8, 4) is 10.6 Å². The maximum Gasteiger partial charge on any atom is 0.306 e. The van der Waals surface area contributed by atoms with Crippen molar-refractivity contribution in [1.82, 2.24) is 15.2 Å². The van der Waals surface area contributed by atoms with Crippen LogP contribution in [0.2, 0.25) is 0 Å². The van der Waals surface area contributed by atoms with Gasteiger partial charge in [0.2, 0.25) is 0 Å². The number of carboxylic acid groups (broad SMARTS) is 1. The zero-order valence-electron chi connectivity index (χ0n) is 16.7. The van der Waals surface area contributed by atoms with Crippen LogP contribution in [0.25, 0.3) is 10.6 Å². The van der Waals surface area contributed by atoms with E-state index in [1.807, 2.05) is 24.3 Å². The van der Waals surface area contributed by atoms with E-state index < -0.39 is 5.97 Å². The van der Waals surface area contributed by atoms with E-state index in [9.17, 15) is 9.59 Å². The lowest BCUT2D eigenvalue weighted by atomic mass is 9.86. The van der Waals surface area contributed by atoms with E-state index in [4.69, 9.17) is 10.1 Å². The van der Waals surface area contributed by atoms with Crippen LogP contribution >= 0.6 is 11.3 Å². The number of rotatable bonds is 4. The van der Waals surface area contributed by atoms with Gasteiger partial charge in [-0.25, -0.2) is 4.98 Å². The van der Waals surface area contributed by atoms with Crippen LogP contribution in [0.3, 0.4) is 0 Å². The largest absolute Gasteiger partial charge is 0.481 e. The quantitative estimate of drug-likeness (QED) is 0.804. The smallest absolute Gasteiger partial charge is 0.306 e. The highest BCUT2D eigenvalue weighted by Gasteiger charge is 2.27. The number of nitrogens with zero attached hydrogens (tertiary/aromatic N) is 2. The van der Waals surface area contributed by atoms with Crippen molar-refractivity contribution >= 4 is 23.2 Å². The Morgan fingerprint density at radius 2 is 1.79 bits per heavy atom. The topological polar surface area (TPSA) is 82.5 Å². The molecular weight excluding hydrogens is 386 g/mol. The molecule has 0 saturated heterocycles. The molecule has 2 N–H and O–H groups in total. The number of aromatic nitrogens is 1. The molecule has 154 valence electrons. The Labute approximate surface area is 175 Å². The van der Waals surface area contributed by atoms with Crippen molar-refractivity contribution in [2.75, 3.05) is 20.1 Å². The van der Waals surface area contributed by atoms with Gasteiger partial charge in [-0.15, -0.1) is 11.3 Å². The summed E-state index contributed by atoms with van der Waals surface area (Å²) in [6, 6.07) is 7.72. The highest BCUT2D eigenvalue weighted by atomic mass is 32.1. The molecule has 1 saturated carbocycles. The summed E-state index contributed by atoms with van der Waals surface area (Å²) in [5.74, 6) is -1.08. The molecule has 1 aliphatic heterocycles. The number of benzene rings is 1. The number of aliphatic carboxylic acids is 1. The van der Waals surface area contributed by atoms with Crippen LogP contribution in [0, 0.1) is 5.92 Å². The van der Waals surface area contributed by atoms with E-state index in [0.717, 1.165) is 49.3 Å². The first-order valence-electron chi connectivity index (χ1n) is 10.3. The maximum absolute atomic E-state index is 12.6. The van der Waals surface area contributed by atoms with Crippen LogP contribution < -0.4 is 5.32 Å². The average Bonchev–Trinajstić information content (AvgIpc) is 3.06. The summed E-state index contributed by atoms with van der Waals surface area (Å²) in [5.41, 5.74) is 2.90. The number of nitrogens with one attached hydrogen (secondary N) is 1. The second-order valence-electron chi connectivity index (χ2n) is 8.13. The van der Waals surface area contributed by atoms with Crippen LogP contribution in [0.15, 0.2) is 24.3 Å². The fourth-order valence-electron chi connectivity index (χ4n) is 4.12. The summed E-state index contributed by atoms with van der Waals surface area (Å²) in [6.45, 7) is 2.12. The lowest BCUT2D eigenvalue weighted by Gasteiger charge is -2.26. The molecule has 1 amide bonds. The van der Waals surface area contributed by atoms with Gasteiger partial charge in [-0.1, -0.05) is 12.1 Å². The third kappa shape index (κ3) is 4.67. The van der Waals surface area contributed by atoms with E-state index in [0.29, 0.717) is 18.4 Å². The Morgan fingerprint density at radius 3 is 2.48 bits per heavy atom. The summed E-state index contributed by atoms with van der Waals surface area (Å²) < 4.78 is 0. The van der Waals surface area contributed by atoms with Gasteiger partial charge in [-0.3, -0.25) is 9.59 Å². The molecule has 0 radical (unpaired) electrons. The van der Waals surface area contributed by atoms with E-state index in [-0.39, 0.29) is 17.9 Å². The second kappa shape index (κ2) is 8.63. The molecule has 1 aromatic heterocycles. The monoisotopic (exact) mass is 413 g/mol. The Kier molecular flexibility index (Phi) is 5.96. The first kappa shape index (κ1) is 20.0. The number of hydrogen-bond donors (Lipinski definition) is 2. The lowest BCUT2D eigenvalue weighted by molar-refractivity contribution is -0.142. The maximum atomic E-state index is 12.6. The molecule has 0 bridgehead atoms. The summed E-state index contributed by atoms with van der Waals surface area (Å²) >= 11 is 1.76. The van der Waals surface area contributed by atoms with Crippen molar-refractivity contribution in [3.63, 3.8) is 0 Å². The van der Waals surface area contributed by atoms with Crippen molar-refractivity contribution in [2.24, 2.45) is 5.92 Å². The number of carboxylic acids is 1. The molecule has 2 aromatic rings. The Hall–Kier alpha value is -2.25. The van der Waals surface area contributed by atoms with Gasteiger partial charge in [0.15, 0.2) is 0 Å². The first-order chi connectivity index (χ1) is 14.0. The lowest BCUT2D eigenvalue weighted by Crippen LogP contribution is -2.38.